The van der Waals surface area contributed by atoms with Crippen molar-refractivity contribution < 1.29 is 23.6 Å². The van der Waals surface area contributed by atoms with Crippen LogP contribution in [0.4, 0.5) is 4.79 Å². The highest BCUT2D eigenvalue weighted by Gasteiger charge is 2.51. The first-order valence-corrected chi connectivity index (χ1v) is 13.9. The third-order valence-electron chi connectivity index (χ3n) is 7.62. The molecule has 2 N–H and O–H groups in total. The molecule has 2 aliphatic rings. The smallest absolute Gasteiger partial charge is 0.444 e. The van der Waals surface area contributed by atoms with E-state index in [-0.39, 0.29) is 11.9 Å². The summed E-state index contributed by atoms with van der Waals surface area (Å²) in [7, 11) is -0.429. The second kappa shape index (κ2) is 10.4. The van der Waals surface area contributed by atoms with E-state index in [0.717, 1.165) is 16.7 Å². The fraction of sp³-hybridized carbons (Fsp3) is 0.567. The summed E-state index contributed by atoms with van der Waals surface area (Å²) in [5.74, 6) is 0.454. The van der Waals surface area contributed by atoms with Gasteiger partial charge in [-0.3, -0.25) is 4.79 Å². The SMILES string of the molecule is CC(C)(C)OC(=O)NC(C(=O)N1CC=C[C@H]1c1nc(-c2ccc(B3OC(C)(C)C(C)(C)O3)cc2)c[nH]1)C(C)(C)C. The zero-order valence-corrected chi connectivity index (χ0v) is 25.4. The van der Waals surface area contributed by atoms with Crippen molar-refractivity contribution in [2.24, 2.45) is 5.41 Å². The van der Waals surface area contributed by atoms with E-state index in [2.05, 4.69) is 10.3 Å². The molecule has 2 aliphatic heterocycles. The molecular formula is C30H43BN4O5. The highest BCUT2D eigenvalue weighted by molar-refractivity contribution is 6.62. The molecule has 40 heavy (non-hydrogen) atoms. The van der Waals surface area contributed by atoms with Gasteiger partial charge < -0.3 is 29.2 Å². The van der Waals surface area contributed by atoms with E-state index >= 15 is 0 Å². The first-order valence-electron chi connectivity index (χ1n) is 13.9. The molecule has 2 atom stereocenters. The van der Waals surface area contributed by atoms with E-state index in [9.17, 15) is 9.59 Å². The Morgan fingerprint density at radius 1 is 1.07 bits per heavy atom. The first kappa shape index (κ1) is 29.9. The largest absolute Gasteiger partial charge is 0.494 e. The van der Waals surface area contributed by atoms with Gasteiger partial charge >= 0.3 is 13.2 Å². The Kier molecular flexibility index (Phi) is 7.75. The van der Waals surface area contributed by atoms with Crippen LogP contribution in [0, 0.1) is 5.41 Å². The third-order valence-corrected chi connectivity index (χ3v) is 7.62. The standard InChI is InChI=1S/C30H43BN4O5/c1-27(2,3)23(34-26(37)38-28(4,5)6)25(36)35-17-11-12-22(35)24-32-18-21(33-24)19-13-15-20(16-14-19)31-39-29(7,8)30(9,10)40-31/h11-16,18,22-23H,17H2,1-10H3,(H,32,33)(H,34,37)/t22-,23?/m0/s1. The van der Waals surface area contributed by atoms with Crippen LogP contribution in [0.25, 0.3) is 11.3 Å². The second-order valence-electron chi connectivity index (χ2n) is 13.7. The van der Waals surface area contributed by atoms with Crippen LogP contribution in [0.3, 0.4) is 0 Å². The van der Waals surface area contributed by atoms with Gasteiger partial charge in [0.25, 0.3) is 0 Å². The fourth-order valence-electron chi connectivity index (χ4n) is 4.65. The van der Waals surface area contributed by atoms with Crippen molar-refractivity contribution in [2.75, 3.05) is 6.54 Å². The van der Waals surface area contributed by atoms with Crippen molar-refractivity contribution >= 4 is 24.6 Å². The van der Waals surface area contributed by atoms with E-state index in [0.29, 0.717) is 12.4 Å². The molecule has 1 aromatic carbocycles. The molecule has 2 aromatic rings. The summed E-state index contributed by atoms with van der Waals surface area (Å²) >= 11 is 0. The van der Waals surface area contributed by atoms with Crippen molar-refractivity contribution in [3.05, 3.63) is 48.4 Å². The number of carbonyl (C=O) groups is 2. The minimum absolute atomic E-state index is 0.196. The van der Waals surface area contributed by atoms with Gasteiger partial charge in [0.1, 0.15) is 23.5 Å². The highest BCUT2D eigenvalue weighted by atomic mass is 16.7. The monoisotopic (exact) mass is 550 g/mol. The van der Waals surface area contributed by atoms with Gasteiger partial charge in [0.2, 0.25) is 5.91 Å². The molecule has 2 amide bonds. The van der Waals surface area contributed by atoms with Crippen molar-refractivity contribution in [1.29, 1.82) is 0 Å². The van der Waals surface area contributed by atoms with Gasteiger partial charge in [-0.2, -0.15) is 0 Å². The van der Waals surface area contributed by atoms with Crippen LogP contribution in [0.1, 0.15) is 81.1 Å². The summed E-state index contributed by atoms with van der Waals surface area (Å²) < 4.78 is 17.8. The van der Waals surface area contributed by atoms with Gasteiger partial charge in [-0.25, -0.2) is 9.78 Å². The van der Waals surface area contributed by atoms with E-state index in [1.54, 1.807) is 25.7 Å². The molecule has 4 rings (SSSR count). The Hall–Kier alpha value is -3.11. The zero-order chi connectivity index (χ0) is 29.7. The van der Waals surface area contributed by atoms with E-state index in [1.807, 2.05) is 91.1 Å². The number of alkyl carbamates (subject to hydrolysis) is 1. The number of ether oxygens (including phenoxy) is 1. The van der Waals surface area contributed by atoms with Gasteiger partial charge in [0.05, 0.1) is 16.9 Å². The second-order valence-corrected chi connectivity index (χ2v) is 13.7. The number of nitrogens with one attached hydrogen (secondary N) is 2. The van der Waals surface area contributed by atoms with Crippen LogP contribution in [-0.4, -0.2) is 63.4 Å². The maximum absolute atomic E-state index is 13.8. The maximum Gasteiger partial charge on any atom is 0.494 e. The summed E-state index contributed by atoms with van der Waals surface area (Å²) in [4.78, 5) is 36.1. The molecule has 1 saturated heterocycles. The quantitative estimate of drug-likeness (QED) is 0.411. The van der Waals surface area contributed by atoms with E-state index in [1.165, 1.54) is 0 Å². The van der Waals surface area contributed by atoms with E-state index < -0.39 is 41.5 Å². The molecule has 1 fully saturated rings. The number of amides is 2. The number of hydrogen-bond donors (Lipinski definition) is 2. The predicted molar refractivity (Wildman–Crippen MR) is 156 cm³/mol. The Balaban J connectivity index is 1.49. The lowest BCUT2D eigenvalue weighted by atomic mass is 9.79. The third kappa shape index (κ3) is 6.28. The van der Waals surface area contributed by atoms with E-state index in [4.69, 9.17) is 19.0 Å². The molecule has 0 radical (unpaired) electrons. The van der Waals surface area contributed by atoms with Gasteiger partial charge in [-0.15, -0.1) is 0 Å². The zero-order valence-electron chi connectivity index (χ0n) is 25.4. The number of hydrogen-bond acceptors (Lipinski definition) is 6. The lowest BCUT2D eigenvalue weighted by molar-refractivity contribution is -0.136. The molecular weight excluding hydrogens is 507 g/mol. The van der Waals surface area contributed by atoms with Gasteiger partial charge in [0.15, 0.2) is 0 Å². The normalized spacial score (nSPS) is 21.0. The molecule has 0 bridgehead atoms. The minimum atomic E-state index is -0.776. The molecule has 10 heteroatoms. The molecule has 0 spiro atoms. The van der Waals surface area contributed by atoms with Crippen LogP contribution in [0.5, 0.6) is 0 Å². The maximum atomic E-state index is 13.8. The Labute approximate surface area is 238 Å². The number of carbonyl (C=O) groups excluding carboxylic acids is 2. The summed E-state index contributed by atoms with van der Waals surface area (Å²) in [6.07, 6.45) is 5.12. The first-order chi connectivity index (χ1) is 18.4. The van der Waals surface area contributed by atoms with Crippen molar-refractivity contribution in [3.63, 3.8) is 0 Å². The fourth-order valence-corrected chi connectivity index (χ4v) is 4.65. The average molecular weight is 551 g/mol. The van der Waals surface area contributed by atoms with Crippen molar-refractivity contribution in [1.82, 2.24) is 20.2 Å². The van der Waals surface area contributed by atoms with Crippen LogP contribution >= 0.6 is 0 Å². The molecule has 3 heterocycles. The topological polar surface area (TPSA) is 106 Å². The molecule has 1 unspecified atom stereocenters. The molecule has 216 valence electrons. The van der Waals surface area contributed by atoms with Crippen LogP contribution < -0.4 is 10.8 Å². The van der Waals surface area contributed by atoms with Crippen LogP contribution in [0.15, 0.2) is 42.6 Å². The molecule has 1 aromatic heterocycles. The van der Waals surface area contributed by atoms with Crippen LogP contribution in [-0.2, 0) is 18.8 Å². The summed E-state index contributed by atoms with van der Waals surface area (Å²) in [5.41, 5.74) is 0.637. The van der Waals surface area contributed by atoms with Gasteiger partial charge in [-0.05, 0) is 59.3 Å². The number of aromatic nitrogens is 2. The predicted octanol–water partition coefficient (Wildman–Crippen LogP) is 4.75. The number of aromatic amines is 1. The Morgan fingerprint density at radius 3 is 2.23 bits per heavy atom. The molecule has 9 nitrogen and oxygen atoms in total. The highest BCUT2D eigenvalue weighted by Crippen LogP contribution is 2.37. The minimum Gasteiger partial charge on any atom is -0.444 e. The number of benzene rings is 1. The summed E-state index contributed by atoms with van der Waals surface area (Å²) in [5, 5.41) is 2.80. The van der Waals surface area contributed by atoms with Crippen molar-refractivity contribution in [2.45, 2.75) is 98.1 Å². The van der Waals surface area contributed by atoms with Gasteiger partial charge in [-0.1, -0.05) is 57.2 Å². The lowest BCUT2D eigenvalue weighted by Crippen LogP contribution is -2.55. The van der Waals surface area contributed by atoms with Crippen molar-refractivity contribution in [3.8, 4) is 11.3 Å². The Morgan fingerprint density at radius 2 is 1.68 bits per heavy atom. The number of rotatable bonds is 5. The average Bonchev–Trinajstić information content (AvgIpc) is 3.53. The number of H-pyrrole nitrogens is 1. The lowest BCUT2D eigenvalue weighted by Gasteiger charge is -2.35. The Bertz CT molecular complexity index is 1250. The van der Waals surface area contributed by atoms with Gasteiger partial charge in [0, 0.05) is 18.3 Å². The summed E-state index contributed by atoms with van der Waals surface area (Å²) in [6, 6.07) is 6.82. The number of imidazole rings is 1. The number of nitrogens with zero attached hydrogens (tertiary/aromatic N) is 2. The molecule has 0 saturated carbocycles. The van der Waals surface area contributed by atoms with Crippen LogP contribution in [0.2, 0.25) is 0 Å². The summed E-state index contributed by atoms with van der Waals surface area (Å²) in [6.45, 7) is 19.7. The molecule has 0 aliphatic carbocycles.